The second kappa shape index (κ2) is 6.20. The zero-order chi connectivity index (χ0) is 15.6. The molecule has 2 atom stereocenters. The third-order valence-electron chi connectivity index (χ3n) is 4.42. The molecule has 1 aromatic carbocycles. The molecule has 1 amide bonds. The minimum absolute atomic E-state index is 0.000199. The molecular weight excluding hydrogens is 288 g/mol. The smallest absolute Gasteiger partial charge is 0.267 e. The Hall–Kier alpha value is -1.69. The number of piperidine rings is 2. The lowest BCUT2D eigenvalue weighted by Gasteiger charge is -2.32. The summed E-state index contributed by atoms with van der Waals surface area (Å²) in [5.74, 6) is -3.45. The van der Waals surface area contributed by atoms with Crippen LogP contribution in [0.1, 0.15) is 30.7 Å². The van der Waals surface area contributed by atoms with Crippen LogP contribution in [0, 0.1) is 0 Å². The van der Waals surface area contributed by atoms with E-state index in [1.807, 2.05) is 0 Å². The van der Waals surface area contributed by atoms with Crippen LogP contribution < -0.4 is 16.0 Å². The van der Waals surface area contributed by atoms with Crippen molar-refractivity contribution in [1.29, 1.82) is 0 Å². The lowest BCUT2D eigenvalue weighted by atomic mass is 9.87. The van der Waals surface area contributed by atoms with E-state index in [1.165, 1.54) is 0 Å². The number of rotatable bonds is 3. The van der Waals surface area contributed by atoms with Crippen LogP contribution in [0.3, 0.4) is 0 Å². The fourth-order valence-electron chi connectivity index (χ4n) is 3.17. The highest BCUT2D eigenvalue weighted by Gasteiger charge is 2.42. The van der Waals surface area contributed by atoms with E-state index in [1.54, 1.807) is 24.3 Å². The van der Waals surface area contributed by atoms with Gasteiger partial charge in [0.1, 0.15) is 6.04 Å². The molecule has 120 valence electrons. The summed E-state index contributed by atoms with van der Waals surface area (Å²) >= 11 is 0. The van der Waals surface area contributed by atoms with Gasteiger partial charge in [0, 0.05) is 12.2 Å². The first-order valence-corrected chi connectivity index (χ1v) is 7.79. The van der Waals surface area contributed by atoms with E-state index < -0.39 is 11.8 Å². The van der Waals surface area contributed by atoms with Crippen LogP contribution in [-0.2, 0) is 4.79 Å². The Kier molecular flexibility index (Phi) is 4.29. The van der Waals surface area contributed by atoms with E-state index in [-0.39, 0.29) is 18.5 Å². The number of amides is 1. The Morgan fingerprint density at radius 1 is 1.14 bits per heavy atom. The average molecular weight is 309 g/mol. The lowest BCUT2D eigenvalue weighted by Crippen LogP contribution is -2.44. The van der Waals surface area contributed by atoms with Crippen molar-refractivity contribution in [3.8, 4) is 0 Å². The summed E-state index contributed by atoms with van der Waals surface area (Å²) in [5, 5.41) is 8.73. The number of hydrogen-bond acceptors (Lipinski definition) is 3. The van der Waals surface area contributed by atoms with Gasteiger partial charge in [-0.05, 0) is 43.5 Å². The van der Waals surface area contributed by atoms with Crippen molar-refractivity contribution >= 4 is 11.6 Å². The summed E-state index contributed by atoms with van der Waals surface area (Å²) in [6, 6.07) is 6.82. The SMILES string of the molecule is O=C1NCCCC1Nc1ccc(C2CCNCC2(F)F)cc1. The van der Waals surface area contributed by atoms with Crippen molar-refractivity contribution in [2.24, 2.45) is 0 Å². The third-order valence-corrected chi connectivity index (χ3v) is 4.42. The molecule has 2 aliphatic heterocycles. The maximum absolute atomic E-state index is 13.9. The lowest BCUT2D eigenvalue weighted by molar-refractivity contribution is -0.123. The Bertz CT molecular complexity index is 533. The summed E-state index contributed by atoms with van der Waals surface area (Å²) in [4.78, 5) is 11.7. The third kappa shape index (κ3) is 3.21. The van der Waals surface area contributed by atoms with Crippen LogP contribution in [-0.4, -0.2) is 37.5 Å². The van der Waals surface area contributed by atoms with Gasteiger partial charge in [-0.15, -0.1) is 0 Å². The van der Waals surface area contributed by atoms with Crippen LogP contribution in [0.5, 0.6) is 0 Å². The van der Waals surface area contributed by atoms with Crippen LogP contribution in [0.15, 0.2) is 24.3 Å². The van der Waals surface area contributed by atoms with Crippen molar-refractivity contribution in [3.63, 3.8) is 0 Å². The van der Waals surface area contributed by atoms with E-state index in [4.69, 9.17) is 0 Å². The average Bonchev–Trinajstić information content (AvgIpc) is 2.50. The van der Waals surface area contributed by atoms with E-state index >= 15 is 0 Å². The molecule has 0 spiro atoms. The zero-order valence-corrected chi connectivity index (χ0v) is 12.4. The molecule has 0 radical (unpaired) electrons. The largest absolute Gasteiger partial charge is 0.374 e. The summed E-state index contributed by atoms with van der Waals surface area (Å²) in [7, 11) is 0. The molecule has 0 aromatic heterocycles. The number of carbonyl (C=O) groups excluding carboxylic acids is 1. The summed E-state index contributed by atoms with van der Waals surface area (Å²) in [6.07, 6.45) is 2.17. The molecule has 0 bridgehead atoms. The molecule has 2 heterocycles. The number of nitrogens with one attached hydrogen (secondary N) is 3. The predicted octanol–water partition coefficient (Wildman–Crippen LogP) is 2.09. The first kappa shape index (κ1) is 15.2. The van der Waals surface area contributed by atoms with Gasteiger partial charge in [-0.3, -0.25) is 4.79 Å². The summed E-state index contributed by atoms with van der Waals surface area (Å²) in [6.45, 7) is 1.07. The highest BCUT2D eigenvalue weighted by molar-refractivity contribution is 5.85. The molecule has 1 aromatic rings. The van der Waals surface area contributed by atoms with Crippen molar-refractivity contribution in [1.82, 2.24) is 10.6 Å². The maximum atomic E-state index is 13.9. The predicted molar refractivity (Wildman–Crippen MR) is 81.3 cm³/mol. The van der Waals surface area contributed by atoms with Crippen molar-refractivity contribution in [2.45, 2.75) is 37.1 Å². The number of hydrogen-bond donors (Lipinski definition) is 3. The van der Waals surface area contributed by atoms with Gasteiger partial charge in [0.05, 0.1) is 12.5 Å². The molecule has 2 aliphatic rings. The standard InChI is InChI=1S/C16H21F2N3O/c17-16(18)10-19-9-7-13(16)11-3-5-12(6-4-11)21-14-2-1-8-20-15(14)22/h3-6,13-14,19,21H,1-2,7-10H2,(H,20,22). The Morgan fingerprint density at radius 2 is 1.91 bits per heavy atom. The monoisotopic (exact) mass is 309 g/mol. The van der Waals surface area contributed by atoms with Gasteiger partial charge < -0.3 is 16.0 Å². The van der Waals surface area contributed by atoms with Gasteiger partial charge in [-0.1, -0.05) is 12.1 Å². The van der Waals surface area contributed by atoms with Crippen LogP contribution in [0.4, 0.5) is 14.5 Å². The summed E-state index contributed by atoms with van der Waals surface area (Å²) in [5.41, 5.74) is 1.45. The second-order valence-electron chi connectivity index (χ2n) is 6.03. The summed E-state index contributed by atoms with van der Waals surface area (Å²) < 4.78 is 27.9. The van der Waals surface area contributed by atoms with Crippen LogP contribution >= 0.6 is 0 Å². The molecule has 3 rings (SSSR count). The molecule has 3 N–H and O–H groups in total. The number of anilines is 1. The number of carbonyl (C=O) groups is 1. The normalized spacial score (nSPS) is 28.0. The van der Waals surface area contributed by atoms with Crippen molar-refractivity contribution < 1.29 is 13.6 Å². The number of halogens is 2. The molecule has 0 aliphatic carbocycles. The molecule has 2 fully saturated rings. The van der Waals surface area contributed by atoms with Crippen LogP contribution in [0.2, 0.25) is 0 Å². The molecule has 2 saturated heterocycles. The van der Waals surface area contributed by atoms with Gasteiger partial charge in [0.15, 0.2) is 0 Å². The quantitative estimate of drug-likeness (QED) is 0.801. The van der Waals surface area contributed by atoms with Crippen LogP contribution in [0.25, 0.3) is 0 Å². The second-order valence-corrected chi connectivity index (χ2v) is 6.03. The fraction of sp³-hybridized carbons (Fsp3) is 0.562. The van der Waals surface area contributed by atoms with E-state index in [0.717, 1.165) is 25.1 Å². The minimum Gasteiger partial charge on any atom is -0.374 e. The Morgan fingerprint density at radius 3 is 2.59 bits per heavy atom. The van der Waals surface area contributed by atoms with Gasteiger partial charge in [-0.2, -0.15) is 0 Å². The molecular formula is C16H21F2N3O. The topological polar surface area (TPSA) is 53.2 Å². The van der Waals surface area contributed by atoms with Crippen molar-refractivity contribution in [3.05, 3.63) is 29.8 Å². The Labute approximate surface area is 128 Å². The van der Waals surface area contributed by atoms with E-state index in [9.17, 15) is 13.6 Å². The highest BCUT2D eigenvalue weighted by atomic mass is 19.3. The first-order chi connectivity index (χ1) is 10.6. The molecule has 22 heavy (non-hydrogen) atoms. The van der Waals surface area contributed by atoms with E-state index in [0.29, 0.717) is 18.5 Å². The minimum atomic E-state index is -2.71. The maximum Gasteiger partial charge on any atom is 0.267 e. The van der Waals surface area contributed by atoms with Gasteiger partial charge in [0.2, 0.25) is 5.91 Å². The molecule has 6 heteroatoms. The number of benzene rings is 1. The van der Waals surface area contributed by atoms with Gasteiger partial charge in [0.25, 0.3) is 5.92 Å². The highest BCUT2D eigenvalue weighted by Crippen LogP contribution is 2.38. The van der Waals surface area contributed by atoms with Gasteiger partial charge >= 0.3 is 0 Å². The van der Waals surface area contributed by atoms with Crippen molar-refractivity contribution in [2.75, 3.05) is 25.0 Å². The molecule has 4 nitrogen and oxygen atoms in total. The molecule has 2 unspecified atom stereocenters. The Balaban J connectivity index is 1.68. The zero-order valence-electron chi connectivity index (χ0n) is 12.4. The molecule has 0 saturated carbocycles. The fourth-order valence-corrected chi connectivity index (χ4v) is 3.17. The van der Waals surface area contributed by atoms with E-state index in [2.05, 4.69) is 16.0 Å². The first-order valence-electron chi connectivity index (χ1n) is 7.79. The number of alkyl halides is 2. The van der Waals surface area contributed by atoms with Gasteiger partial charge in [-0.25, -0.2) is 8.78 Å².